The van der Waals surface area contributed by atoms with Crippen molar-refractivity contribution in [2.45, 2.75) is 111 Å². The Labute approximate surface area is 241 Å². The van der Waals surface area contributed by atoms with Crippen LogP contribution in [0.4, 0.5) is 0 Å². The number of hydrogen-bond donors (Lipinski definition) is 0. The number of carbonyl (C=O) groups excluding carboxylic acids is 1. The van der Waals surface area contributed by atoms with E-state index in [1.807, 2.05) is 0 Å². The molecule has 224 valence electrons. The van der Waals surface area contributed by atoms with Gasteiger partial charge in [-0.1, -0.05) is 65.5 Å². The highest BCUT2D eigenvalue weighted by molar-refractivity contribution is 5.73. The van der Waals surface area contributed by atoms with Gasteiger partial charge in [-0.25, -0.2) is 0 Å². The lowest BCUT2D eigenvalue weighted by Gasteiger charge is -2.58. The van der Waals surface area contributed by atoms with Gasteiger partial charge in [-0.15, -0.1) is 0 Å². The Balaban J connectivity index is 1.41. The maximum Gasteiger partial charge on any atom is 0.309 e. The molecule has 4 rings (SSSR count). The van der Waals surface area contributed by atoms with E-state index in [0.717, 1.165) is 67.9 Å². The predicted octanol–water partition coefficient (Wildman–Crippen LogP) is 7.68. The van der Waals surface area contributed by atoms with Gasteiger partial charge in [0.1, 0.15) is 6.10 Å². The van der Waals surface area contributed by atoms with Crippen LogP contribution in [0.5, 0.6) is 0 Å². The van der Waals surface area contributed by atoms with Gasteiger partial charge in [0.15, 0.2) is 0 Å². The number of allylic oxidation sites excluding steroid dienone is 2. The molecule has 3 saturated carbocycles. The van der Waals surface area contributed by atoms with E-state index in [4.69, 9.17) is 4.74 Å². The summed E-state index contributed by atoms with van der Waals surface area (Å²) in [5.74, 6) is 5.22. The van der Waals surface area contributed by atoms with Gasteiger partial charge < -0.3 is 14.5 Å². The van der Waals surface area contributed by atoms with Crippen molar-refractivity contribution in [2.24, 2.45) is 52.3 Å². The average Bonchev–Trinajstić information content (AvgIpc) is 3.19. The number of ether oxygens (including phenoxy) is 1. The van der Waals surface area contributed by atoms with Crippen molar-refractivity contribution in [3.8, 4) is 0 Å². The van der Waals surface area contributed by atoms with Gasteiger partial charge in [0, 0.05) is 13.1 Å². The van der Waals surface area contributed by atoms with Gasteiger partial charge in [0.05, 0.1) is 5.92 Å². The lowest BCUT2D eigenvalue weighted by molar-refractivity contribution is -0.157. The Morgan fingerprint density at radius 2 is 1.64 bits per heavy atom. The summed E-state index contributed by atoms with van der Waals surface area (Å²) in [7, 11) is 8.23. The van der Waals surface area contributed by atoms with Crippen molar-refractivity contribution in [1.29, 1.82) is 0 Å². The summed E-state index contributed by atoms with van der Waals surface area (Å²) in [5.41, 5.74) is 2.41. The molecule has 0 aromatic heterocycles. The van der Waals surface area contributed by atoms with Crippen molar-refractivity contribution in [3.05, 3.63) is 11.6 Å². The first kappa shape index (κ1) is 31.1. The van der Waals surface area contributed by atoms with E-state index in [0.29, 0.717) is 5.41 Å². The molecule has 4 heteroatoms. The molecule has 8 atom stereocenters. The highest BCUT2D eigenvalue weighted by atomic mass is 16.5. The molecule has 0 N–H and O–H groups in total. The molecule has 39 heavy (non-hydrogen) atoms. The van der Waals surface area contributed by atoms with Crippen LogP contribution in [0.25, 0.3) is 0 Å². The van der Waals surface area contributed by atoms with Gasteiger partial charge >= 0.3 is 5.97 Å². The molecule has 0 spiro atoms. The quantitative estimate of drug-likeness (QED) is 0.198. The number of carbonyl (C=O) groups is 1. The van der Waals surface area contributed by atoms with Gasteiger partial charge in [-0.05, 0) is 126 Å². The van der Waals surface area contributed by atoms with Crippen molar-refractivity contribution in [3.63, 3.8) is 0 Å². The van der Waals surface area contributed by atoms with Crippen LogP contribution >= 0.6 is 0 Å². The predicted molar refractivity (Wildman–Crippen MR) is 164 cm³/mol. The normalized spacial score (nSPS) is 37.1. The molecule has 0 saturated heterocycles. The van der Waals surface area contributed by atoms with E-state index < -0.39 is 0 Å². The molecule has 4 aliphatic carbocycles. The van der Waals surface area contributed by atoms with Crippen LogP contribution in [-0.4, -0.2) is 63.2 Å². The lowest BCUT2D eigenvalue weighted by atomic mass is 9.46. The van der Waals surface area contributed by atoms with E-state index in [1.54, 1.807) is 5.57 Å². The van der Waals surface area contributed by atoms with Gasteiger partial charge in [0.25, 0.3) is 0 Å². The molecule has 8 unspecified atom stereocenters. The minimum absolute atomic E-state index is 0.0316. The SMILES string of the molecule is CC(C)CCCC(C)C1CCC2C3CC=C4CC(C(=O)OC(CN(C)C)CN(C)C)CCC4(C)C3CCC12C. The zero-order valence-electron chi connectivity index (χ0n) is 27.1. The summed E-state index contributed by atoms with van der Waals surface area (Å²) in [5, 5.41) is 0. The third-order valence-corrected chi connectivity index (χ3v) is 12.1. The largest absolute Gasteiger partial charge is 0.459 e. The first-order chi connectivity index (χ1) is 18.3. The van der Waals surface area contributed by atoms with Crippen molar-refractivity contribution >= 4 is 5.97 Å². The molecule has 0 bridgehead atoms. The Kier molecular flexibility index (Phi) is 10.0. The van der Waals surface area contributed by atoms with E-state index >= 15 is 0 Å². The number of fused-ring (bicyclic) bond motifs is 5. The molecule has 0 heterocycles. The maximum absolute atomic E-state index is 13.4. The van der Waals surface area contributed by atoms with Gasteiger partial charge in [0.2, 0.25) is 0 Å². The minimum atomic E-state index is -0.0698. The van der Waals surface area contributed by atoms with Crippen molar-refractivity contribution in [2.75, 3.05) is 41.3 Å². The van der Waals surface area contributed by atoms with Crippen LogP contribution in [0.3, 0.4) is 0 Å². The molecule has 0 aromatic carbocycles. The summed E-state index contributed by atoms with van der Waals surface area (Å²) < 4.78 is 6.13. The Morgan fingerprint density at radius 3 is 2.28 bits per heavy atom. The Hall–Kier alpha value is -0.870. The fourth-order valence-electron chi connectivity index (χ4n) is 10.1. The number of nitrogens with zero attached hydrogens (tertiary/aromatic N) is 2. The highest BCUT2D eigenvalue weighted by Gasteiger charge is 2.59. The van der Waals surface area contributed by atoms with Crippen LogP contribution in [0, 0.1) is 52.3 Å². The molecule has 4 aliphatic rings. The van der Waals surface area contributed by atoms with E-state index in [-0.39, 0.29) is 23.4 Å². The van der Waals surface area contributed by atoms with Crippen LogP contribution < -0.4 is 0 Å². The fraction of sp³-hybridized carbons (Fsp3) is 0.914. The molecular weight excluding hydrogens is 480 g/mol. The minimum Gasteiger partial charge on any atom is -0.459 e. The van der Waals surface area contributed by atoms with Gasteiger partial charge in [-0.3, -0.25) is 4.79 Å². The Morgan fingerprint density at radius 1 is 0.949 bits per heavy atom. The highest BCUT2D eigenvalue weighted by Crippen LogP contribution is 2.67. The summed E-state index contributed by atoms with van der Waals surface area (Å²) in [6, 6.07) is 0. The topological polar surface area (TPSA) is 32.8 Å². The smallest absolute Gasteiger partial charge is 0.309 e. The number of hydrogen-bond acceptors (Lipinski definition) is 4. The first-order valence-corrected chi connectivity index (χ1v) is 16.5. The van der Waals surface area contributed by atoms with Crippen molar-refractivity contribution < 1.29 is 9.53 Å². The van der Waals surface area contributed by atoms with Crippen LogP contribution in [0.15, 0.2) is 11.6 Å². The van der Waals surface area contributed by atoms with E-state index in [9.17, 15) is 4.79 Å². The fourth-order valence-corrected chi connectivity index (χ4v) is 10.1. The van der Waals surface area contributed by atoms with E-state index in [2.05, 4.69) is 78.7 Å². The van der Waals surface area contributed by atoms with E-state index in [1.165, 1.54) is 51.4 Å². The zero-order chi connectivity index (χ0) is 28.5. The second-order valence-corrected chi connectivity index (χ2v) is 15.8. The number of likely N-dealkylation sites (N-methyl/N-ethyl adjacent to an activating group) is 2. The Bertz CT molecular complexity index is 855. The third kappa shape index (κ3) is 6.63. The first-order valence-electron chi connectivity index (χ1n) is 16.5. The number of rotatable bonds is 11. The van der Waals surface area contributed by atoms with Gasteiger partial charge in [-0.2, -0.15) is 0 Å². The average molecular weight is 543 g/mol. The number of esters is 1. The maximum atomic E-state index is 13.4. The standard InChI is InChI=1S/C35H62N2O2/c1-24(2)11-10-12-25(3)30-15-16-31-29-14-13-27-21-26(33(38)39-28(22-36(6)7)23-37(8)9)17-19-34(27,4)32(29)18-20-35(30,31)5/h13,24-26,28-32H,10-12,14-23H2,1-9H3. The molecule has 0 aromatic rings. The second kappa shape index (κ2) is 12.6. The molecule has 0 aliphatic heterocycles. The summed E-state index contributed by atoms with van der Waals surface area (Å²) >= 11 is 0. The van der Waals surface area contributed by atoms with Crippen LogP contribution in [-0.2, 0) is 9.53 Å². The third-order valence-electron chi connectivity index (χ3n) is 12.1. The summed E-state index contributed by atoms with van der Waals surface area (Å²) in [4.78, 5) is 17.6. The molecular formula is C35H62N2O2. The van der Waals surface area contributed by atoms with Crippen LogP contribution in [0.1, 0.15) is 105 Å². The lowest BCUT2D eigenvalue weighted by Crippen LogP contribution is -2.51. The van der Waals surface area contributed by atoms with Crippen molar-refractivity contribution in [1.82, 2.24) is 9.80 Å². The summed E-state index contributed by atoms with van der Waals surface area (Å²) in [6.45, 7) is 14.1. The van der Waals surface area contributed by atoms with Crippen LogP contribution in [0.2, 0.25) is 0 Å². The molecule has 0 radical (unpaired) electrons. The summed E-state index contributed by atoms with van der Waals surface area (Å²) in [6.07, 6.45) is 16.8. The second-order valence-electron chi connectivity index (χ2n) is 15.8. The molecule has 0 amide bonds. The monoisotopic (exact) mass is 542 g/mol. The zero-order valence-corrected chi connectivity index (χ0v) is 27.1. The molecule has 4 nitrogen and oxygen atoms in total. The molecule has 3 fully saturated rings.